The second-order valence-electron chi connectivity index (χ2n) is 3.44. The molecular weight excluding hydrogens is 227 g/mol. The van der Waals surface area contributed by atoms with Crippen molar-refractivity contribution in [3.8, 4) is 0 Å². The molecule has 0 fully saturated rings. The second-order valence-corrected chi connectivity index (χ2v) is 3.44. The topological polar surface area (TPSA) is 44.8 Å². The highest BCUT2D eigenvalue weighted by Crippen LogP contribution is 2.06. The van der Waals surface area contributed by atoms with E-state index in [1.807, 2.05) is 0 Å². The summed E-state index contributed by atoms with van der Waals surface area (Å²) in [5, 5.41) is 0. The molecule has 1 rings (SSSR count). The average Bonchev–Trinajstić information content (AvgIpc) is 2.30. The van der Waals surface area contributed by atoms with Gasteiger partial charge in [0.05, 0.1) is 18.8 Å². The normalized spacial score (nSPS) is 10.6. The van der Waals surface area contributed by atoms with Gasteiger partial charge in [-0.25, -0.2) is 9.18 Å². The second kappa shape index (κ2) is 6.98. The van der Waals surface area contributed by atoms with Crippen molar-refractivity contribution < 1.29 is 23.4 Å². The summed E-state index contributed by atoms with van der Waals surface area (Å²) in [4.78, 5) is 11.7. The summed E-state index contributed by atoms with van der Waals surface area (Å²) < 4.78 is 27.6. The third-order valence-corrected chi connectivity index (χ3v) is 2.06. The number of benzene rings is 1. The van der Waals surface area contributed by atoms with Crippen LogP contribution >= 0.6 is 0 Å². The lowest BCUT2D eigenvalue weighted by molar-refractivity contribution is -0.0223. The van der Waals surface area contributed by atoms with Crippen LogP contribution in [0.5, 0.6) is 0 Å². The van der Waals surface area contributed by atoms with E-state index >= 15 is 0 Å². The van der Waals surface area contributed by atoms with E-state index in [2.05, 4.69) is 0 Å². The van der Waals surface area contributed by atoms with E-state index in [1.165, 1.54) is 38.5 Å². The van der Waals surface area contributed by atoms with Crippen LogP contribution in [0.1, 0.15) is 10.4 Å². The first-order valence-corrected chi connectivity index (χ1v) is 5.11. The molecule has 0 saturated heterocycles. The van der Waals surface area contributed by atoms with Gasteiger partial charge in [-0.15, -0.1) is 0 Å². The number of hydrogen-bond donors (Lipinski definition) is 0. The van der Waals surface area contributed by atoms with E-state index in [-0.39, 0.29) is 13.2 Å². The Kier molecular flexibility index (Phi) is 5.59. The molecule has 0 atom stereocenters. The van der Waals surface area contributed by atoms with Gasteiger partial charge in [-0.1, -0.05) is 0 Å². The Hall–Kier alpha value is -1.46. The lowest BCUT2D eigenvalue weighted by atomic mass is 10.2. The lowest BCUT2D eigenvalue weighted by Crippen LogP contribution is -2.27. The summed E-state index contributed by atoms with van der Waals surface area (Å²) in [5.74, 6) is -0.920. The van der Waals surface area contributed by atoms with Crippen LogP contribution in [0.25, 0.3) is 0 Å². The van der Waals surface area contributed by atoms with Crippen molar-refractivity contribution in [1.29, 1.82) is 0 Å². The Morgan fingerprint density at radius 2 is 1.71 bits per heavy atom. The van der Waals surface area contributed by atoms with E-state index in [1.54, 1.807) is 0 Å². The number of ether oxygens (including phenoxy) is 3. The largest absolute Gasteiger partial charge is 0.454 e. The molecule has 17 heavy (non-hydrogen) atoms. The first kappa shape index (κ1) is 13.6. The molecule has 0 aromatic heterocycles. The Labute approximate surface area is 99.3 Å². The summed E-state index contributed by atoms with van der Waals surface area (Å²) in [6.07, 6.45) is -0.470. The molecule has 0 radical (unpaired) electrons. The maximum Gasteiger partial charge on any atom is 0.338 e. The van der Waals surface area contributed by atoms with Crippen molar-refractivity contribution in [1.82, 2.24) is 0 Å². The molecule has 94 valence electrons. The van der Waals surface area contributed by atoms with Crippen LogP contribution in [-0.4, -0.2) is 39.5 Å². The zero-order valence-corrected chi connectivity index (χ0v) is 9.81. The maximum atomic E-state index is 12.7. The van der Waals surface area contributed by atoms with E-state index in [0.29, 0.717) is 5.56 Å². The minimum atomic E-state index is -0.524. The lowest BCUT2D eigenvalue weighted by Gasteiger charge is -2.16. The Morgan fingerprint density at radius 1 is 1.18 bits per heavy atom. The van der Waals surface area contributed by atoms with E-state index in [4.69, 9.17) is 14.2 Å². The number of halogens is 1. The molecule has 1 aromatic rings. The van der Waals surface area contributed by atoms with Gasteiger partial charge in [0.25, 0.3) is 0 Å². The van der Waals surface area contributed by atoms with Crippen molar-refractivity contribution in [2.75, 3.05) is 27.4 Å². The van der Waals surface area contributed by atoms with Gasteiger partial charge in [-0.3, -0.25) is 0 Å². The molecule has 4 nitrogen and oxygen atoms in total. The fourth-order valence-corrected chi connectivity index (χ4v) is 1.29. The quantitative estimate of drug-likeness (QED) is 0.711. The van der Waals surface area contributed by atoms with Gasteiger partial charge >= 0.3 is 5.97 Å². The van der Waals surface area contributed by atoms with Crippen molar-refractivity contribution in [2.24, 2.45) is 0 Å². The molecule has 0 aliphatic carbocycles. The Balaban J connectivity index is 2.60. The van der Waals surface area contributed by atoms with Crippen molar-refractivity contribution in [3.05, 3.63) is 35.6 Å². The fourth-order valence-electron chi connectivity index (χ4n) is 1.29. The molecule has 1 aromatic carbocycles. The Morgan fingerprint density at radius 3 is 2.18 bits per heavy atom. The summed E-state index contributed by atoms with van der Waals surface area (Å²) >= 11 is 0. The van der Waals surface area contributed by atoms with Crippen LogP contribution < -0.4 is 0 Å². The van der Waals surface area contributed by atoms with Gasteiger partial charge in [-0.2, -0.15) is 0 Å². The average molecular weight is 242 g/mol. The number of hydrogen-bond acceptors (Lipinski definition) is 4. The molecule has 0 amide bonds. The zero-order valence-electron chi connectivity index (χ0n) is 9.81. The van der Waals surface area contributed by atoms with Crippen molar-refractivity contribution in [3.63, 3.8) is 0 Å². The summed E-state index contributed by atoms with van der Waals surface area (Å²) in [6.45, 7) is 0.502. The molecular formula is C12H15FO4. The monoisotopic (exact) mass is 242 g/mol. The van der Waals surface area contributed by atoms with Crippen LogP contribution in [0.15, 0.2) is 24.3 Å². The van der Waals surface area contributed by atoms with Crippen molar-refractivity contribution in [2.45, 2.75) is 6.10 Å². The molecule has 0 saturated carbocycles. The molecule has 0 N–H and O–H groups in total. The number of carbonyl (C=O) groups is 1. The first-order valence-electron chi connectivity index (χ1n) is 5.11. The van der Waals surface area contributed by atoms with Gasteiger partial charge in [0.2, 0.25) is 0 Å². The third-order valence-electron chi connectivity index (χ3n) is 2.06. The third kappa shape index (κ3) is 4.50. The minimum Gasteiger partial charge on any atom is -0.454 e. The molecule has 0 aliphatic heterocycles. The maximum absolute atomic E-state index is 12.7. The van der Waals surface area contributed by atoms with Gasteiger partial charge in [0, 0.05) is 14.2 Å². The van der Waals surface area contributed by atoms with E-state index in [0.717, 1.165) is 0 Å². The molecule has 5 heteroatoms. The molecule has 0 heterocycles. The molecule has 0 aliphatic rings. The smallest absolute Gasteiger partial charge is 0.338 e. The number of carbonyl (C=O) groups excluding carboxylic acids is 1. The highest BCUT2D eigenvalue weighted by molar-refractivity contribution is 5.89. The fraction of sp³-hybridized carbons (Fsp3) is 0.417. The first-order chi connectivity index (χ1) is 8.17. The minimum absolute atomic E-state index is 0.251. The highest BCUT2D eigenvalue weighted by Gasteiger charge is 2.15. The number of rotatable bonds is 6. The summed E-state index contributed by atoms with van der Waals surface area (Å²) in [6, 6.07) is 5.15. The molecule has 0 bridgehead atoms. The van der Waals surface area contributed by atoms with Crippen LogP contribution in [0.4, 0.5) is 4.39 Å². The van der Waals surface area contributed by atoms with Crippen LogP contribution in [0.3, 0.4) is 0 Å². The van der Waals surface area contributed by atoms with Crippen LogP contribution in [0.2, 0.25) is 0 Å². The van der Waals surface area contributed by atoms with Gasteiger partial charge in [0.1, 0.15) is 11.9 Å². The van der Waals surface area contributed by atoms with Crippen LogP contribution in [0, 0.1) is 5.82 Å². The van der Waals surface area contributed by atoms with Gasteiger partial charge < -0.3 is 14.2 Å². The predicted octanol–water partition coefficient (Wildman–Crippen LogP) is 1.64. The van der Waals surface area contributed by atoms with Gasteiger partial charge in [0.15, 0.2) is 0 Å². The van der Waals surface area contributed by atoms with E-state index in [9.17, 15) is 9.18 Å². The highest BCUT2D eigenvalue weighted by atomic mass is 19.1. The number of esters is 1. The van der Waals surface area contributed by atoms with Gasteiger partial charge in [-0.05, 0) is 24.3 Å². The summed E-state index contributed by atoms with van der Waals surface area (Å²) in [5.41, 5.74) is 0.295. The zero-order chi connectivity index (χ0) is 12.7. The number of methoxy groups -OCH3 is 2. The van der Waals surface area contributed by atoms with Crippen LogP contribution in [-0.2, 0) is 14.2 Å². The van der Waals surface area contributed by atoms with Crippen molar-refractivity contribution >= 4 is 5.97 Å². The Bertz CT molecular complexity index is 344. The molecule has 0 unspecified atom stereocenters. The standard InChI is InChI=1S/C12H15FO4/c1-15-7-11(8-16-2)17-12(14)9-3-5-10(13)6-4-9/h3-6,11H,7-8H2,1-2H3. The predicted molar refractivity (Wildman–Crippen MR) is 59.4 cm³/mol. The molecule has 0 spiro atoms. The van der Waals surface area contributed by atoms with E-state index < -0.39 is 17.9 Å². The SMILES string of the molecule is COCC(COC)OC(=O)c1ccc(F)cc1. The summed E-state index contributed by atoms with van der Waals surface area (Å²) in [7, 11) is 3.02.